The number of hydrogen-bond acceptors (Lipinski definition) is 1. The van der Waals surface area contributed by atoms with Gasteiger partial charge in [-0.15, -0.1) is 0 Å². The van der Waals surface area contributed by atoms with Crippen LogP contribution in [-0.2, 0) is 0 Å². The smallest absolute Gasteiger partial charge is 0.402 e. The van der Waals surface area contributed by atoms with E-state index in [1.807, 2.05) is 0 Å². The summed E-state index contributed by atoms with van der Waals surface area (Å²) in [6.07, 6.45) is -1.33. The number of benzene rings is 1. The van der Waals surface area contributed by atoms with Gasteiger partial charge in [0.05, 0.1) is 0 Å². The Hall–Kier alpha value is -1.51. The Morgan fingerprint density at radius 2 is 1.50 bits per heavy atom. The lowest BCUT2D eigenvalue weighted by Gasteiger charge is -1.93. The molecule has 0 saturated heterocycles. The van der Waals surface area contributed by atoms with Crippen LogP contribution in [0.2, 0.25) is 0 Å². The Morgan fingerprint density at radius 3 is 1.67 bits per heavy atom. The minimum absolute atomic E-state index is 1.33. The molecule has 0 radical (unpaired) electrons. The van der Waals surface area contributed by atoms with Crippen LogP contribution >= 0.6 is 0 Å². The highest BCUT2D eigenvalue weighted by Crippen LogP contribution is 2.02. The Bertz CT molecular complexity index is 233. The zero-order valence-corrected chi connectivity index (χ0v) is 7.24. The normalized spacial score (nSPS) is 8.17. The van der Waals surface area contributed by atoms with E-state index < -0.39 is 6.09 Å². The standard InChI is InChI=1S/C8H10.CH3NO2/c1-7-5-3-4-6-8(7)2;2-1(3)4/h3-6H,1-2H3;2H2,(H,3,4). The summed E-state index contributed by atoms with van der Waals surface area (Å²) in [5, 5.41) is 7.19. The maximum atomic E-state index is 8.78. The molecule has 0 unspecified atom stereocenters. The first-order valence-electron chi connectivity index (χ1n) is 3.54. The molecular weight excluding hydrogens is 154 g/mol. The number of aryl methyl sites for hydroxylation is 2. The topological polar surface area (TPSA) is 63.3 Å². The van der Waals surface area contributed by atoms with Crippen molar-refractivity contribution < 1.29 is 9.90 Å². The molecule has 66 valence electrons. The third-order valence-corrected chi connectivity index (χ3v) is 1.43. The SMILES string of the molecule is Cc1ccccc1C.NC(=O)O. The first kappa shape index (κ1) is 10.5. The molecule has 1 aromatic carbocycles. The van der Waals surface area contributed by atoms with Gasteiger partial charge in [0.1, 0.15) is 0 Å². The van der Waals surface area contributed by atoms with Crippen molar-refractivity contribution in [2.75, 3.05) is 0 Å². The van der Waals surface area contributed by atoms with Gasteiger partial charge in [0, 0.05) is 0 Å². The molecule has 1 amide bonds. The van der Waals surface area contributed by atoms with Gasteiger partial charge in [0.25, 0.3) is 0 Å². The van der Waals surface area contributed by atoms with Crippen LogP contribution in [0.5, 0.6) is 0 Å². The van der Waals surface area contributed by atoms with E-state index in [9.17, 15) is 0 Å². The Morgan fingerprint density at radius 1 is 1.25 bits per heavy atom. The number of nitrogens with two attached hydrogens (primary N) is 1. The lowest BCUT2D eigenvalue weighted by Crippen LogP contribution is -2.03. The third-order valence-electron chi connectivity index (χ3n) is 1.43. The third kappa shape index (κ3) is 5.29. The van der Waals surface area contributed by atoms with Crippen molar-refractivity contribution in [3.05, 3.63) is 35.4 Å². The molecule has 3 heteroatoms. The van der Waals surface area contributed by atoms with E-state index in [-0.39, 0.29) is 0 Å². The van der Waals surface area contributed by atoms with Crippen LogP contribution in [0.25, 0.3) is 0 Å². The van der Waals surface area contributed by atoms with Gasteiger partial charge in [-0.3, -0.25) is 0 Å². The summed E-state index contributed by atoms with van der Waals surface area (Å²) < 4.78 is 0. The predicted molar refractivity (Wildman–Crippen MR) is 48.1 cm³/mol. The van der Waals surface area contributed by atoms with Crippen LogP contribution in [0, 0.1) is 13.8 Å². The molecule has 0 saturated carbocycles. The fraction of sp³-hybridized carbons (Fsp3) is 0.222. The fourth-order valence-electron chi connectivity index (χ4n) is 0.663. The van der Waals surface area contributed by atoms with Gasteiger partial charge in [-0.2, -0.15) is 0 Å². The van der Waals surface area contributed by atoms with Gasteiger partial charge in [-0.1, -0.05) is 24.3 Å². The van der Waals surface area contributed by atoms with Gasteiger partial charge >= 0.3 is 6.09 Å². The van der Waals surface area contributed by atoms with Crippen LogP contribution in [0.4, 0.5) is 4.79 Å². The molecule has 12 heavy (non-hydrogen) atoms. The maximum Gasteiger partial charge on any atom is 0.402 e. The number of amides is 1. The van der Waals surface area contributed by atoms with E-state index >= 15 is 0 Å². The number of hydrogen-bond donors (Lipinski definition) is 2. The summed E-state index contributed by atoms with van der Waals surface area (Å²) in [5.74, 6) is 0. The summed E-state index contributed by atoms with van der Waals surface area (Å²) >= 11 is 0. The summed E-state index contributed by atoms with van der Waals surface area (Å²) in [7, 11) is 0. The second-order valence-corrected chi connectivity index (χ2v) is 2.42. The average molecular weight is 167 g/mol. The molecule has 0 aliphatic rings. The van der Waals surface area contributed by atoms with Crippen molar-refractivity contribution in [2.45, 2.75) is 13.8 Å². The number of carbonyl (C=O) groups is 1. The average Bonchev–Trinajstić information content (AvgIpc) is 1.94. The van der Waals surface area contributed by atoms with Crippen molar-refractivity contribution in [3.63, 3.8) is 0 Å². The zero-order valence-electron chi connectivity index (χ0n) is 7.24. The van der Waals surface area contributed by atoms with Crippen molar-refractivity contribution in [3.8, 4) is 0 Å². The predicted octanol–water partition coefficient (Wildman–Crippen LogP) is 1.93. The first-order valence-corrected chi connectivity index (χ1v) is 3.54. The summed E-state index contributed by atoms with van der Waals surface area (Å²) in [6.45, 7) is 4.24. The molecule has 3 N–H and O–H groups in total. The van der Waals surface area contributed by atoms with Crippen molar-refractivity contribution in [2.24, 2.45) is 5.73 Å². The van der Waals surface area contributed by atoms with E-state index in [0.717, 1.165) is 0 Å². The van der Waals surface area contributed by atoms with Crippen LogP contribution in [-0.4, -0.2) is 11.2 Å². The molecule has 0 aliphatic carbocycles. The molecule has 1 rings (SSSR count). The largest absolute Gasteiger partial charge is 0.465 e. The van der Waals surface area contributed by atoms with Crippen molar-refractivity contribution in [1.82, 2.24) is 0 Å². The summed E-state index contributed by atoms with van der Waals surface area (Å²) in [5.41, 5.74) is 6.76. The second kappa shape index (κ2) is 5.18. The first-order chi connectivity index (χ1) is 5.54. The molecule has 0 aliphatic heterocycles. The van der Waals surface area contributed by atoms with E-state index in [0.29, 0.717) is 0 Å². The summed E-state index contributed by atoms with van der Waals surface area (Å²) in [4.78, 5) is 8.78. The highest BCUT2D eigenvalue weighted by atomic mass is 16.4. The second-order valence-electron chi connectivity index (χ2n) is 2.42. The van der Waals surface area contributed by atoms with Crippen LogP contribution in [0.1, 0.15) is 11.1 Å². The van der Waals surface area contributed by atoms with Crippen LogP contribution in [0.15, 0.2) is 24.3 Å². The highest BCUT2D eigenvalue weighted by molar-refractivity contribution is 5.61. The maximum absolute atomic E-state index is 8.78. The van der Waals surface area contributed by atoms with E-state index in [4.69, 9.17) is 9.90 Å². The van der Waals surface area contributed by atoms with E-state index in [2.05, 4.69) is 43.8 Å². The molecule has 0 heterocycles. The monoisotopic (exact) mass is 167 g/mol. The van der Waals surface area contributed by atoms with Crippen LogP contribution < -0.4 is 5.73 Å². The zero-order chi connectivity index (χ0) is 9.56. The van der Waals surface area contributed by atoms with E-state index in [1.54, 1.807) is 0 Å². The lowest BCUT2D eigenvalue weighted by atomic mass is 10.1. The number of carboxylic acid groups (broad SMARTS) is 1. The molecule has 0 atom stereocenters. The minimum atomic E-state index is -1.33. The van der Waals surface area contributed by atoms with Gasteiger partial charge in [-0.25, -0.2) is 4.79 Å². The number of primary amides is 1. The minimum Gasteiger partial charge on any atom is -0.465 e. The molecule has 0 aromatic heterocycles. The molecule has 3 nitrogen and oxygen atoms in total. The molecule has 0 bridgehead atoms. The Labute approximate surface area is 71.8 Å². The number of rotatable bonds is 0. The highest BCUT2D eigenvalue weighted by Gasteiger charge is 1.83. The van der Waals surface area contributed by atoms with Gasteiger partial charge in [0.15, 0.2) is 0 Å². The lowest BCUT2D eigenvalue weighted by molar-refractivity contribution is 0.205. The molecule has 0 fully saturated rings. The van der Waals surface area contributed by atoms with Gasteiger partial charge < -0.3 is 10.8 Å². The van der Waals surface area contributed by atoms with Gasteiger partial charge in [-0.05, 0) is 25.0 Å². The molecule has 0 spiro atoms. The summed E-state index contributed by atoms with van der Waals surface area (Å²) in [6, 6.07) is 8.36. The molecular formula is C9H13NO2. The van der Waals surface area contributed by atoms with Crippen LogP contribution in [0.3, 0.4) is 0 Å². The van der Waals surface area contributed by atoms with Gasteiger partial charge in [0.2, 0.25) is 0 Å². The fourth-order valence-corrected chi connectivity index (χ4v) is 0.663. The molecule has 1 aromatic rings. The van der Waals surface area contributed by atoms with Crippen molar-refractivity contribution >= 4 is 6.09 Å². The Balaban J connectivity index is 0.000000261. The Kier molecular flexibility index (Phi) is 4.53. The quantitative estimate of drug-likeness (QED) is 0.620. The van der Waals surface area contributed by atoms with E-state index in [1.165, 1.54) is 11.1 Å². The van der Waals surface area contributed by atoms with Crippen molar-refractivity contribution in [1.29, 1.82) is 0 Å².